The Morgan fingerprint density at radius 1 is 1.39 bits per heavy atom. The Bertz CT molecular complexity index is 389. The van der Waals surface area contributed by atoms with Crippen LogP contribution in [0, 0.1) is 6.92 Å². The average molecular weight is 249 g/mol. The summed E-state index contributed by atoms with van der Waals surface area (Å²) in [5, 5.41) is 3.48. The zero-order valence-electron chi connectivity index (χ0n) is 11.3. The second kappa shape index (κ2) is 6.07. The monoisotopic (exact) mass is 249 g/mol. The van der Waals surface area contributed by atoms with E-state index in [0.29, 0.717) is 6.04 Å². The van der Waals surface area contributed by atoms with Crippen molar-refractivity contribution < 1.29 is 4.74 Å². The second-order valence-electron chi connectivity index (χ2n) is 5.05. The fourth-order valence-corrected chi connectivity index (χ4v) is 2.30. The van der Waals surface area contributed by atoms with Gasteiger partial charge in [-0.25, -0.2) is 0 Å². The first-order valence-electron chi connectivity index (χ1n) is 6.58. The van der Waals surface area contributed by atoms with E-state index in [1.54, 1.807) is 0 Å². The van der Waals surface area contributed by atoms with Gasteiger partial charge in [0.05, 0.1) is 24.6 Å². The lowest BCUT2D eigenvalue weighted by atomic mass is 10.1. The van der Waals surface area contributed by atoms with Gasteiger partial charge >= 0.3 is 0 Å². The Kier molecular flexibility index (Phi) is 4.44. The van der Waals surface area contributed by atoms with Gasteiger partial charge in [-0.3, -0.25) is 4.90 Å². The highest BCUT2D eigenvalue weighted by Gasteiger charge is 2.14. The van der Waals surface area contributed by atoms with E-state index in [-0.39, 0.29) is 0 Å². The number of morpholine rings is 1. The van der Waals surface area contributed by atoms with Crippen LogP contribution in [-0.4, -0.2) is 43.8 Å². The van der Waals surface area contributed by atoms with Crippen LogP contribution in [0.5, 0.6) is 0 Å². The largest absolute Gasteiger partial charge is 0.397 e. The molecule has 1 atom stereocenters. The first-order chi connectivity index (χ1) is 8.65. The third-order valence-electron chi connectivity index (χ3n) is 3.24. The molecule has 1 aromatic rings. The van der Waals surface area contributed by atoms with Gasteiger partial charge in [0.1, 0.15) is 0 Å². The summed E-state index contributed by atoms with van der Waals surface area (Å²) in [5.41, 5.74) is 9.05. The predicted molar refractivity (Wildman–Crippen MR) is 75.9 cm³/mol. The average Bonchev–Trinajstić information content (AvgIpc) is 2.34. The van der Waals surface area contributed by atoms with Gasteiger partial charge in [0, 0.05) is 25.7 Å². The minimum atomic E-state index is 0.383. The van der Waals surface area contributed by atoms with Gasteiger partial charge in [-0.2, -0.15) is 0 Å². The van der Waals surface area contributed by atoms with Gasteiger partial charge < -0.3 is 15.8 Å². The van der Waals surface area contributed by atoms with Crippen molar-refractivity contribution in [2.24, 2.45) is 0 Å². The highest BCUT2D eigenvalue weighted by Crippen LogP contribution is 2.20. The topological polar surface area (TPSA) is 50.5 Å². The van der Waals surface area contributed by atoms with Gasteiger partial charge in [-0.15, -0.1) is 0 Å². The molecule has 1 fully saturated rings. The number of nitrogen functional groups attached to an aromatic ring is 1. The van der Waals surface area contributed by atoms with E-state index in [9.17, 15) is 0 Å². The molecule has 0 spiro atoms. The van der Waals surface area contributed by atoms with E-state index in [0.717, 1.165) is 44.2 Å². The van der Waals surface area contributed by atoms with Crippen molar-refractivity contribution in [3.8, 4) is 0 Å². The van der Waals surface area contributed by atoms with E-state index in [2.05, 4.69) is 36.2 Å². The molecule has 4 nitrogen and oxygen atoms in total. The molecule has 0 amide bonds. The molecule has 1 saturated heterocycles. The van der Waals surface area contributed by atoms with Crippen LogP contribution >= 0.6 is 0 Å². The summed E-state index contributed by atoms with van der Waals surface area (Å²) in [6.45, 7) is 9.01. The summed E-state index contributed by atoms with van der Waals surface area (Å²) in [6, 6.07) is 6.53. The van der Waals surface area contributed by atoms with Crippen molar-refractivity contribution in [3.63, 3.8) is 0 Å². The predicted octanol–water partition coefficient (Wildman–Crippen LogP) is 1.71. The van der Waals surface area contributed by atoms with E-state index >= 15 is 0 Å². The van der Waals surface area contributed by atoms with E-state index in [1.165, 1.54) is 5.56 Å². The molecule has 1 aliphatic heterocycles. The summed E-state index contributed by atoms with van der Waals surface area (Å²) < 4.78 is 5.35. The summed E-state index contributed by atoms with van der Waals surface area (Å²) in [6.07, 6.45) is 0. The second-order valence-corrected chi connectivity index (χ2v) is 5.05. The maximum absolute atomic E-state index is 6.01. The minimum absolute atomic E-state index is 0.383. The molecule has 100 valence electrons. The minimum Gasteiger partial charge on any atom is -0.397 e. The number of rotatable bonds is 4. The molecular weight excluding hydrogens is 226 g/mol. The van der Waals surface area contributed by atoms with Crippen molar-refractivity contribution in [1.29, 1.82) is 0 Å². The standard InChI is InChI=1S/C14H23N3O/c1-11-3-4-14(13(15)9-11)16-12(2)10-17-5-7-18-8-6-17/h3-4,9,12,16H,5-8,10,15H2,1-2H3. The lowest BCUT2D eigenvalue weighted by Crippen LogP contribution is -2.42. The van der Waals surface area contributed by atoms with Gasteiger partial charge in [-0.1, -0.05) is 6.07 Å². The Morgan fingerprint density at radius 2 is 2.11 bits per heavy atom. The number of nitrogens with zero attached hydrogens (tertiary/aromatic N) is 1. The molecule has 0 aliphatic carbocycles. The highest BCUT2D eigenvalue weighted by atomic mass is 16.5. The lowest BCUT2D eigenvalue weighted by molar-refractivity contribution is 0.0368. The molecule has 2 rings (SSSR count). The summed E-state index contributed by atoms with van der Waals surface area (Å²) in [5.74, 6) is 0. The zero-order valence-corrected chi connectivity index (χ0v) is 11.3. The van der Waals surface area contributed by atoms with E-state index < -0.39 is 0 Å². The summed E-state index contributed by atoms with van der Waals surface area (Å²) >= 11 is 0. The van der Waals surface area contributed by atoms with Crippen molar-refractivity contribution in [1.82, 2.24) is 4.90 Å². The van der Waals surface area contributed by atoms with Crippen LogP contribution in [0.2, 0.25) is 0 Å². The molecule has 0 saturated carbocycles. The number of nitrogens with one attached hydrogen (secondary N) is 1. The van der Waals surface area contributed by atoms with Crippen LogP contribution in [-0.2, 0) is 4.74 Å². The first kappa shape index (κ1) is 13.2. The molecule has 3 N–H and O–H groups in total. The molecule has 1 heterocycles. The van der Waals surface area contributed by atoms with Crippen LogP contribution in [0.15, 0.2) is 18.2 Å². The lowest BCUT2D eigenvalue weighted by Gasteiger charge is -2.30. The molecule has 4 heteroatoms. The number of ether oxygens (including phenoxy) is 1. The van der Waals surface area contributed by atoms with E-state index in [1.807, 2.05) is 6.07 Å². The fraction of sp³-hybridized carbons (Fsp3) is 0.571. The molecule has 1 unspecified atom stereocenters. The smallest absolute Gasteiger partial charge is 0.0594 e. The number of nitrogens with two attached hydrogens (primary N) is 1. The SMILES string of the molecule is Cc1ccc(NC(C)CN2CCOCC2)c(N)c1. The molecule has 0 bridgehead atoms. The number of benzene rings is 1. The van der Waals surface area contributed by atoms with Gasteiger partial charge in [0.15, 0.2) is 0 Å². The Balaban J connectivity index is 1.87. The molecule has 0 radical (unpaired) electrons. The number of anilines is 2. The Hall–Kier alpha value is -1.26. The van der Waals surface area contributed by atoms with Crippen LogP contribution in [0.3, 0.4) is 0 Å². The molecule has 1 aromatic carbocycles. The maximum Gasteiger partial charge on any atom is 0.0594 e. The number of hydrogen-bond acceptors (Lipinski definition) is 4. The third-order valence-corrected chi connectivity index (χ3v) is 3.24. The number of hydrogen-bond donors (Lipinski definition) is 2. The van der Waals surface area contributed by atoms with Crippen LogP contribution in [0.4, 0.5) is 11.4 Å². The van der Waals surface area contributed by atoms with Crippen molar-refractivity contribution >= 4 is 11.4 Å². The van der Waals surface area contributed by atoms with Crippen LogP contribution in [0.1, 0.15) is 12.5 Å². The third kappa shape index (κ3) is 3.62. The van der Waals surface area contributed by atoms with Gasteiger partial charge in [0.25, 0.3) is 0 Å². The molecule has 18 heavy (non-hydrogen) atoms. The Morgan fingerprint density at radius 3 is 2.78 bits per heavy atom. The molecule has 1 aliphatic rings. The van der Waals surface area contributed by atoms with Crippen LogP contribution < -0.4 is 11.1 Å². The highest BCUT2D eigenvalue weighted by molar-refractivity contribution is 5.67. The molecule has 0 aromatic heterocycles. The molecular formula is C14H23N3O. The summed E-state index contributed by atoms with van der Waals surface area (Å²) in [7, 11) is 0. The Labute approximate surface area is 109 Å². The first-order valence-corrected chi connectivity index (χ1v) is 6.58. The van der Waals surface area contributed by atoms with Crippen molar-refractivity contribution in [2.45, 2.75) is 19.9 Å². The fourth-order valence-electron chi connectivity index (χ4n) is 2.30. The van der Waals surface area contributed by atoms with E-state index in [4.69, 9.17) is 10.5 Å². The van der Waals surface area contributed by atoms with Crippen molar-refractivity contribution in [3.05, 3.63) is 23.8 Å². The van der Waals surface area contributed by atoms with Gasteiger partial charge in [-0.05, 0) is 31.5 Å². The summed E-state index contributed by atoms with van der Waals surface area (Å²) in [4.78, 5) is 2.42. The maximum atomic E-state index is 6.01. The zero-order chi connectivity index (χ0) is 13.0. The normalized spacial score (nSPS) is 18.6. The number of aryl methyl sites for hydroxylation is 1. The van der Waals surface area contributed by atoms with Crippen molar-refractivity contribution in [2.75, 3.05) is 43.9 Å². The van der Waals surface area contributed by atoms with Gasteiger partial charge in [0.2, 0.25) is 0 Å². The van der Waals surface area contributed by atoms with Crippen LogP contribution in [0.25, 0.3) is 0 Å². The quantitative estimate of drug-likeness (QED) is 0.798.